The summed E-state index contributed by atoms with van der Waals surface area (Å²) in [6.07, 6.45) is 0. The topological polar surface area (TPSA) is 78.5 Å². The van der Waals surface area contributed by atoms with E-state index in [0.29, 0.717) is 12.2 Å². The second-order valence-corrected chi connectivity index (χ2v) is 7.01. The molecule has 0 aromatic heterocycles. The molecule has 0 spiro atoms. The Hall–Kier alpha value is -1.44. The average molecular weight is 313 g/mol. The van der Waals surface area contributed by atoms with Crippen LogP contribution >= 0.6 is 0 Å². The molecule has 6 nitrogen and oxygen atoms in total. The highest BCUT2D eigenvalue weighted by Crippen LogP contribution is 2.14. The molecule has 0 aliphatic carbocycles. The predicted octanol–water partition coefficient (Wildman–Crippen LogP) is 1.02. The van der Waals surface area contributed by atoms with Crippen molar-refractivity contribution in [1.29, 1.82) is 0 Å². The van der Waals surface area contributed by atoms with E-state index >= 15 is 0 Å². The van der Waals surface area contributed by atoms with Crippen molar-refractivity contribution in [3.05, 3.63) is 29.8 Å². The predicted molar refractivity (Wildman–Crippen MR) is 84.5 cm³/mol. The summed E-state index contributed by atoms with van der Waals surface area (Å²) in [6, 6.07) is 7.46. The quantitative estimate of drug-likeness (QED) is 0.751. The number of nitrogens with zero attached hydrogens (tertiary/aromatic N) is 1. The molecule has 0 radical (unpaired) electrons. The maximum atomic E-state index is 12.0. The first-order valence-corrected chi connectivity index (χ1v) is 8.54. The van der Waals surface area contributed by atoms with E-state index in [-0.39, 0.29) is 18.2 Å². The molecule has 7 heteroatoms. The van der Waals surface area contributed by atoms with Crippen molar-refractivity contribution in [3.8, 4) is 0 Å². The molecule has 0 heterocycles. The molecule has 21 heavy (non-hydrogen) atoms. The van der Waals surface area contributed by atoms with Crippen molar-refractivity contribution in [2.75, 3.05) is 31.2 Å². The molecular formula is C14H23N3O3S. The fourth-order valence-corrected chi connectivity index (χ4v) is 2.52. The number of hydrogen-bond acceptors (Lipinski definition) is 4. The highest BCUT2D eigenvalue weighted by atomic mass is 32.2. The Kier molecular flexibility index (Phi) is 6.80. The van der Waals surface area contributed by atoms with Gasteiger partial charge in [0.25, 0.3) is 0 Å². The van der Waals surface area contributed by atoms with Gasteiger partial charge >= 0.3 is 0 Å². The Morgan fingerprint density at radius 2 is 1.90 bits per heavy atom. The first kappa shape index (κ1) is 17.6. The second kappa shape index (κ2) is 8.11. The molecule has 1 aromatic carbocycles. The van der Waals surface area contributed by atoms with Crippen molar-refractivity contribution < 1.29 is 13.2 Å². The lowest BCUT2D eigenvalue weighted by molar-refractivity contribution is -0.116. The van der Waals surface area contributed by atoms with Gasteiger partial charge < -0.3 is 10.6 Å². The Labute approximate surface area is 126 Å². The third-order valence-corrected chi connectivity index (χ3v) is 4.87. The number of anilines is 1. The van der Waals surface area contributed by atoms with Gasteiger partial charge in [-0.25, -0.2) is 8.42 Å². The largest absolute Gasteiger partial charge is 0.325 e. The summed E-state index contributed by atoms with van der Waals surface area (Å²) in [4.78, 5) is 12.0. The molecule has 1 aromatic rings. The van der Waals surface area contributed by atoms with Crippen LogP contribution in [0.3, 0.4) is 0 Å². The number of para-hydroxylation sites is 1. The lowest BCUT2D eigenvalue weighted by Gasteiger charge is -2.16. The average Bonchev–Trinajstić information content (AvgIpc) is 2.46. The molecule has 0 saturated carbocycles. The van der Waals surface area contributed by atoms with Gasteiger partial charge in [-0.1, -0.05) is 25.1 Å². The van der Waals surface area contributed by atoms with E-state index in [9.17, 15) is 13.2 Å². The van der Waals surface area contributed by atoms with Gasteiger partial charge in [0.15, 0.2) is 0 Å². The van der Waals surface area contributed by atoms with E-state index < -0.39 is 10.0 Å². The fourth-order valence-electron chi connectivity index (χ4n) is 1.77. The molecule has 1 amide bonds. The maximum absolute atomic E-state index is 12.0. The van der Waals surface area contributed by atoms with Crippen LogP contribution < -0.4 is 10.6 Å². The maximum Gasteiger partial charge on any atom is 0.239 e. The highest BCUT2D eigenvalue weighted by Gasteiger charge is 2.18. The van der Waals surface area contributed by atoms with E-state index in [2.05, 4.69) is 10.6 Å². The molecule has 2 N–H and O–H groups in total. The Balaban J connectivity index is 2.71. The Morgan fingerprint density at radius 3 is 2.52 bits per heavy atom. The van der Waals surface area contributed by atoms with Gasteiger partial charge in [0.1, 0.15) is 0 Å². The third-order valence-electron chi connectivity index (χ3n) is 3.06. The van der Waals surface area contributed by atoms with Crippen molar-refractivity contribution in [1.82, 2.24) is 9.62 Å². The van der Waals surface area contributed by atoms with Crippen LogP contribution in [0.5, 0.6) is 0 Å². The van der Waals surface area contributed by atoms with Gasteiger partial charge in [-0.3, -0.25) is 4.79 Å². The zero-order valence-electron chi connectivity index (χ0n) is 12.7. The number of amides is 1. The Morgan fingerprint density at radius 1 is 1.24 bits per heavy atom. The Bertz CT molecular complexity index is 573. The number of carbonyl (C=O) groups excluding carboxylic acids is 1. The highest BCUT2D eigenvalue weighted by molar-refractivity contribution is 7.89. The number of likely N-dealkylation sites (N-methyl/N-ethyl adjacent to an activating group) is 1. The van der Waals surface area contributed by atoms with Crippen LogP contribution in [-0.4, -0.2) is 44.5 Å². The van der Waals surface area contributed by atoms with Crippen LogP contribution in [0.2, 0.25) is 0 Å². The van der Waals surface area contributed by atoms with E-state index in [0.717, 1.165) is 16.4 Å². The van der Waals surface area contributed by atoms with Gasteiger partial charge in [-0.05, 0) is 25.1 Å². The normalized spacial score (nSPS) is 11.6. The molecule has 0 unspecified atom stereocenters. The van der Waals surface area contributed by atoms with Gasteiger partial charge in [0.2, 0.25) is 15.9 Å². The second-order valence-electron chi connectivity index (χ2n) is 4.64. The molecule has 0 atom stereocenters. The van der Waals surface area contributed by atoms with Gasteiger partial charge in [-0.2, -0.15) is 4.31 Å². The van der Waals surface area contributed by atoms with Crippen LogP contribution in [-0.2, 0) is 21.4 Å². The van der Waals surface area contributed by atoms with Gasteiger partial charge in [-0.15, -0.1) is 0 Å². The number of rotatable bonds is 8. The molecule has 0 aliphatic heterocycles. The number of carbonyl (C=O) groups is 1. The zero-order valence-corrected chi connectivity index (χ0v) is 13.5. The summed E-state index contributed by atoms with van der Waals surface area (Å²) >= 11 is 0. The molecule has 0 fully saturated rings. The van der Waals surface area contributed by atoms with E-state index in [1.54, 1.807) is 13.0 Å². The minimum atomic E-state index is -3.35. The van der Waals surface area contributed by atoms with Crippen molar-refractivity contribution in [2.45, 2.75) is 20.4 Å². The summed E-state index contributed by atoms with van der Waals surface area (Å²) in [5, 5.41) is 5.96. The van der Waals surface area contributed by atoms with Crippen LogP contribution in [0.4, 0.5) is 5.69 Å². The minimum Gasteiger partial charge on any atom is -0.325 e. The summed E-state index contributed by atoms with van der Waals surface area (Å²) in [5.74, 6) is -0.369. The summed E-state index contributed by atoms with van der Waals surface area (Å²) in [5.41, 5.74) is 1.67. The van der Waals surface area contributed by atoms with E-state index in [1.165, 1.54) is 7.05 Å². The summed E-state index contributed by atoms with van der Waals surface area (Å²) < 4.78 is 24.3. The number of sulfonamides is 1. The smallest absolute Gasteiger partial charge is 0.239 e. The van der Waals surface area contributed by atoms with Crippen LogP contribution in [0.1, 0.15) is 19.4 Å². The monoisotopic (exact) mass is 313 g/mol. The van der Waals surface area contributed by atoms with E-state index in [4.69, 9.17) is 0 Å². The van der Waals surface area contributed by atoms with Crippen molar-refractivity contribution in [3.63, 3.8) is 0 Å². The fraction of sp³-hybridized carbons (Fsp3) is 0.500. The van der Waals surface area contributed by atoms with Crippen LogP contribution in [0, 0.1) is 0 Å². The van der Waals surface area contributed by atoms with Gasteiger partial charge in [0, 0.05) is 19.3 Å². The summed E-state index contributed by atoms with van der Waals surface area (Å²) in [6.45, 7) is 4.85. The number of hydrogen-bond donors (Lipinski definition) is 2. The van der Waals surface area contributed by atoms with Crippen molar-refractivity contribution in [2.24, 2.45) is 0 Å². The molecular weight excluding hydrogens is 290 g/mol. The zero-order chi connectivity index (χ0) is 15.9. The first-order valence-electron chi connectivity index (χ1n) is 6.93. The van der Waals surface area contributed by atoms with Crippen LogP contribution in [0.15, 0.2) is 24.3 Å². The number of nitrogens with one attached hydrogen (secondary N) is 2. The van der Waals surface area contributed by atoms with Gasteiger partial charge in [0.05, 0.1) is 12.3 Å². The third kappa shape index (κ3) is 5.45. The molecule has 118 valence electrons. The minimum absolute atomic E-state index is 0.0201. The molecule has 0 saturated heterocycles. The standard InChI is InChI=1S/C14H23N3O3S/c1-4-15-10-12-8-6-7-9-13(12)16-14(18)11-17(3)21(19,20)5-2/h6-9,15H,4-5,10-11H2,1-3H3,(H,16,18). The lowest BCUT2D eigenvalue weighted by atomic mass is 10.1. The van der Waals surface area contributed by atoms with Crippen LogP contribution in [0.25, 0.3) is 0 Å². The van der Waals surface area contributed by atoms with E-state index in [1.807, 2.05) is 25.1 Å². The number of benzene rings is 1. The summed E-state index contributed by atoms with van der Waals surface area (Å²) in [7, 11) is -1.94. The van der Waals surface area contributed by atoms with Crippen molar-refractivity contribution >= 4 is 21.6 Å². The lowest BCUT2D eigenvalue weighted by Crippen LogP contribution is -2.36. The SMILES string of the molecule is CCNCc1ccccc1NC(=O)CN(C)S(=O)(=O)CC. The first-order chi connectivity index (χ1) is 9.90. The molecule has 0 aliphatic rings. The molecule has 1 rings (SSSR count). The molecule has 0 bridgehead atoms.